The molecule has 1 N–H and O–H groups in total. The Hall–Kier alpha value is -2.44. The molecule has 2 heterocycles. The van der Waals surface area contributed by atoms with Crippen molar-refractivity contribution in [1.82, 2.24) is 15.1 Å². The minimum absolute atomic E-state index is 0.112. The van der Waals surface area contributed by atoms with Crippen LogP contribution in [0.4, 0.5) is 10.1 Å². The second kappa shape index (κ2) is 10.7. The van der Waals surface area contributed by atoms with Crippen LogP contribution >= 0.6 is 0 Å². The van der Waals surface area contributed by atoms with Gasteiger partial charge in [-0.2, -0.15) is 0 Å². The van der Waals surface area contributed by atoms with E-state index in [1.165, 1.54) is 11.8 Å². The Morgan fingerprint density at radius 3 is 2.52 bits per heavy atom. The van der Waals surface area contributed by atoms with Crippen LogP contribution in [0.25, 0.3) is 0 Å². The van der Waals surface area contributed by atoms with Gasteiger partial charge < -0.3 is 10.2 Å². The molecule has 0 aliphatic carbocycles. The van der Waals surface area contributed by atoms with Crippen LogP contribution in [0.1, 0.15) is 18.4 Å². The first-order chi connectivity index (χ1) is 15.2. The maximum absolute atomic E-state index is 13.9. The largest absolute Gasteiger partial charge is 0.371 e. The molecule has 2 aliphatic heterocycles. The molecule has 2 saturated heterocycles. The molecule has 5 nitrogen and oxygen atoms in total. The van der Waals surface area contributed by atoms with E-state index in [0.717, 1.165) is 64.2 Å². The second-order valence-corrected chi connectivity index (χ2v) is 8.74. The topological polar surface area (TPSA) is 38.8 Å². The van der Waals surface area contributed by atoms with Crippen LogP contribution in [0, 0.1) is 11.7 Å². The van der Waals surface area contributed by atoms with E-state index in [9.17, 15) is 9.18 Å². The summed E-state index contributed by atoms with van der Waals surface area (Å²) in [6, 6.07) is 17.5. The molecule has 0 saturated carbocycles. The molecule has 2 aliphatic rings. The highest BCUT2D eigenvalue weighted by atomic mass is 19.1. The number of hydrogen-bond acceptors (Lipinski definition) is 4. The Balaban J connectivity index is 1.17. The summed E-state index contributed by atoms with van der Waals surface area (Å²) in [6.07, 6.45) is 2.11. The Morgan fingerprint density at radius 2 is 1.68 bits per heavy atom. The van der Waals surface area contributed by atoms with Gasteiger partial charge in [0.2, 0.25) is 5.91 Å². The summed E-state index contributed by atoms with van der Waals surface area (Å²) in [5, 5.41) is 3.15. The van der Waals surface area contributed by atoms with Crippen molar-refractivity contribution in [3.63, 3.8) is 0 Å². The van der Waals surface area contributed by atoms with Crippen LogP contribution in [0.2, 0.25) is 0 Å². The minimum Gasteiger partial charge on any atom is -0.371 e. The van der Waals surface area contributed by atoms with E-state index in [1.807, 2.05) is 18.2 Å². The van der Waals surface area contributed by atoms with Gasteiger partial charge in [-0.25, -0.2) is 4.39 Å². The molecule has 0 spiro atoms. The van der Waals surface area contributed by atoms with Gasteiger partial charge >= 0.3 is 0 Å². The first-order valence-corrected chi connectivity index (χ1v) is 11.4. The monoisotopic (exact) mass is 424 g/mol. The van der Waals surface area contributed by atoms with Crippen molar-refractivity contribution in [1.29, 1.82) is 0 Å². The molecule has 31 heavy (non-hydrogen) atoms. The van der Waals surface area contributed by atoms with Crippen molar-refractivity contribution in [2.24, 2.45) is 5.92 Å². The summed E-state index contributed by atoms with van der Waals surface area (Å²) < 4.78 is 13.9. The predicted molar refractivity (Wildman–Crippen MR) is 123 cm³/mol. The fraction of sp³-hybridized carbons (Fsp3) is 0.480. The fourth-order valence-corrected chi connectivity index (χ4v) is 4.60. The average molecular weight is 425 g/mol. The number of hydrogen-bond donors (Lipinski definition) is 1. The fourth-order valence-electron chi connectivity index (χ4n) is 4.60. The van der Waals surface area contributed by atoms with E-state index in [-0.39, 0.29) is 11.7 Å². The smallest absolute Gasteiger partial charge is 0.234 e. The third-order valence-corrected chi connectivity index (χ3v) is 6.40. The number of nitrogens with zero attached hydrogens (tertiary/aromatic N) is 3. The van der Waals surface area contributed by atoms with Crippen LogP contribution < -0.4 is 10.2 Å². The SMILES string of the molecule is O=C(CN1CCCN(Cc2ccccc2F)CC1)NCC1CCN(c2ccccc2)C1. The third-order valence-electron chi connectivity index (χ3n) is 6.40. The number of carbonyl (C=O) groups excluding carboxylic acids is 1. The Kier molecular flexibility index (Phi) is 7.54. The van der Waals surface area contributed by atoms with Crippen LogP contribution in [-0.2, 0) is 11.3 Å². The van der Waals surface area contributed by atoms with E-state index < -0.39 is 0 Å². The number of anilines is 1. The van der Waals surface area contributed by atoms with Gasteiger partial charge in [0.05, 0.1) is 6.54 Å². The standard InChI is InChI=1S/C25H33FN4O/c26-24-10-5-4-7-22(24)19-28-12-6-13-29(16-15-28)20-25(31)27-17-21-11-14-30(18-21)23-8-2-1-3-9-23/h1-5,7-10,21H,6,11-20H2,(H,27,31). The first kappa shape index (κ1) is 21.8. The molecule has 0 bridgehead atoms. The number of rotatable bonds is 7. The van der Waals surface area contributed by atoms with Crippen LogP contribution in [0.3, 0.4) is 0 Å². The molecule has 1 amide bonds. The molecule has 4 rings (SSSR count). The van der Waals surface area contributed by atoms with E-state index in [4.69, 9.17) is 0 Å². The molecular weight excluding hydrogens is 391 g/mol. The second-order valence-electron chi connectivity index (χ2n) is 8.74. The van der Waals surface area contributed by atoms with Gasteiger partial charge in [-0.3, -0.25) is 14.6 Å². The molecule has 1 unspecified atom stereocenters. The molecule has 2 aromatic carbocycles. The number of nitrogens with one attached hydrogen (secondary N) is 1. The lowest BCUT2D eigenvalue weighted by Crippen LogP contribution is -2.41. The summed E-state index contributed by atoms with van der Waals surface area (Å²) in [5.74, 6) is 0.478. The van der Waals surface area contributed by atoms with Gasteiger partial charge in [0.15, 0.2) is 0 Å². The highest BCUT2D eigenvalue weighted by molar-refractivity contribution is 5.78. The zero-order valence-electron chi connectivity index (χ0n) is 18.2. The number of carbonyl (C=O) groups is 1. The van der Waals surface area contributed by atoms with Crippen molar-refractivity contribution < 1.29 is 9.18 Å². The highest BCUT2D eigenvalue weighted by Gasteiger charge is 2.24. The maximum Gasteiger partial charge on any atom is 0.234 e. The van der Waals surface area contributed by atoms with E-state index in [2.05, 4.69) is 44.3 Å². The maximum atomic E-state index is 13.9. The lowest BCUT2D eigenvalue weighted by atomic mass is 10.1. The molecule has 1 atom stereocenters. The molecule has 6 heteroatoms. The molecule has 0 radical (unpaired) electrons. The van der Waals surface area contributed by atoms with Gasteiger partial charge in [-0.15, -0.1) is 0 Å². The van der Waals surface area contributed by atoms with E-state index in [0.29, 0.717) is 19.0 Å². The van der Waals surface area contributed by atoms with Gasteiger partial charge in [0, 0.05) is 50.5 Å². The zero-order chi connectivity index (χ0) is 21.5. The van der Waals surface area contributed by atoms with Crippen LogP contribution in [-0.4, -0.2) is 68.1 Å². The third kappa shape index (κ3) is 6.28. The zero-order valence-corrected chi connectivity index (χ0v) is 18.2. The van der Waals surface area contributed by atoms with E-state index >= 15 is 0 Å². The normalized spacial score (nSPS) is 20.5. The molecular formula is C25H33FN4O. The molecule has 0 aromatic heterocycles. The summed E-state index contributed by atoms with van der Waals surface area (Å²) in [7, 11) is 0. The van der Waals surface area contributed by atoms with Crippen molar-refractivity contribution in [2.75, 3.05) is 57.3 Å². The predicted octanol–water partition coefficient (Wildman–Crippen LogP) is 2.98. The Bertz CT molecular complexity index is 846. The molecule has 166 valence electrons. The van der Waals surface area contributed by atoms with Crippen LogP contribution in [0.5, 0.6) is 0 Å². The Labute approximate surface area is 184 Å². The summed E-state index contributed by atoms with van der Waals surface area (Å²) in [6.45, 7) is 7.41. The number of halogens is 1. The highest BCUT2D eigenvalue weighted by Crippen LogP contribution is 2.23. The minimum atomic E-state index is -0.138. The van der Waals surface area contributed by atoms with Crippen molar-refractivity contribution >= 4 is 11.6 Å². The number of para-hydroxylation sites is 1. The lowest BCUT2D eigenvalue weighted by Gasteiger charge is -2.22. The average Bonchev–Trinajstić information content (AvgIpc) is 3.16. The van der Waals surface area contributed by atoms with Crippen LogP contribution in [0.15, 0.2) is 54.6 Å². The number of benzene rings is 2. The van der Waals surface area contributed by atoms with Crippen molar-refractivity contribution in [3.8, 4) is 0 Å². The van der Waals surface area contributed by atoms with E-state index in [1.54, 1.807) is 6.07 Å². The summed E-state index contributed by atoms with van der Waals surface area (Å²) >= 11 is 0. The number of amides is 1. The summed E-state index contributed by atoms with van der Waals surface area (Å²) in [5.41, 5.74) is 2.01. The first-order valence-electron chi connectivity index (χ1n) is 11.4. The van der Waals surface area contributed by atoms with Gasteiger partial charge in [-0.1, -0.05) is 36.4 Å². The van der Waals surface area contributed by atoms with Crippen molar-refractivity contribution in [2.45, 2.75) is 19.4 Å². The lowest BCUT2D eigenvalue weighted by molar-refractivity contribution is -0.122. The molecule has 2 aromatic rings. The van der Waals surface area contributed by atoms with Gasteiger partial charge in [0.1, 0.15) is 5.82 Å². The van der Waals surface area contributed by atoms with Gasteiger partial charge in [-0.05, 0) is 50.0 Å². The molecule has 2 fully saturated rings. The van der Waals surface area contributed by atoms with Crippen molar-refractivity contribution in [3.05, 3.63) is 66.0 Å². The summed E-state index contributed by atoms with van der Waals surface area (Å²) in [4.78, 5) is 19.4. The quantitative estimate of drug-likeness (QED) is 0.742. The van der Waals surface area contributed by atoms with Gasteiger partial charge in [0.25, 0.3) is 0 Å². The Morgan fingerprint density at radius 1 is 0.935 bits per heavy atom.